The molecule has 7 nitrogen and oxygen atoms in total. The maximum atomic E-state index is 12.7. The van der Waals surface area contributed by atoms with Crippen LogP contribution in [-0.2, 0) is 25.3 Å². The van der Waals surface area contributed by atoms with Crippen molar-refractivity contribution in [2.24, 2.45) is 14.1 Å². The van der Waals surface area contributed by atoms with Crippen molar-refractivity contribution >= 4 is 5.91 Å². The Bertz CT molecular complexity index is 942. The van der Waals surface area contributed by atoms with Crippen LogP contribution in [0.25, 0.3) is 0 Å². The van der Waals surface area contributed by atoms with Crippen molar-refractivity contribution in [1.29, 1.82) is 0 Å². The molecule has 0 bridgehead atoms. The first-order chi connectivity index (χ1) is 11.3. The Balaban J connectivity index is 2.36. The maximum absolute atomic E-state index is 12.7. The summed E-state index contributed by atoms with van der Waals surface area (Å²) < 4.78 is 1.97. The topological polar surface area (TPSA) is 84.5 Å². The summed E-state index contributed by atoms with van der Waals surface area (Å²) in [5.41, 5.74) is 0.658. The zero-order valence-corrected chi connectivity index (χ0v) is 13.8. The second-order valence-electron chi connectivity index (χ2n) is 6.01. The SMILES string of the molecule is CC(=O)N1CCc2ccccc2[C@@H]1c1c(O)n(C)c(=O)n(C)c1=O. The Kier molecular flexibility index (Phi) is 3.79. The summed E-state index contributed by atoms with van der Waals surface area (Å²) in [6, 6.07) is 6.82. The summed E-state index contributed by atoms with van der Waals surface area (Å²) in [4.78, 5) is 38.4. The number of fused-ring (bicyclic) bond motifs is 1. The van der Waals surface area contributed by atoms with E-state index in [4.69, 9.17) is 0 Å². The molecule has 2 aromatic rings. The highest BCUT2D eigenvalue weighted by Crippen LogP contribution is 2.36. The minimum atomic E-state index is -0.710. The van der Waals surface area contributed by atoms with Crippen LogP contribution in [0.4, 0.5) is 0 Å². The molecule has 3 rings (SSSR count). The van der Waals surface area contributed by atoms with Crippen LogP contribution in [0.5, 0.6) is 5.88 Å². The van der Waals surface area contributed by atoms with Crippen molar-refractivity contribution in [3.63, 3.8) is 0 Å². The van der Waals surface area contributed by atoms with E-state index in [0.717, 1.165) is 20.3 Å². The summed E-state index contributed by atoms with van der Waals surface area (Å²) in [5.74, 6) is -0.596. The molecule has 2 heterocycles. The Morgan fingerprint density at radius 1 is 1.17 bits per heavy atom. The van der Waals surface area contributed by atoms with Crippen LogP contribution in [0.15, 0.2) is 33.9 Å². The summed E-state index contributed by atoms with van der Waals surface area (Å²) in [7, 11) is 2.76. The minimum Gasteiger partial charge on any atom is -0.494 e. The molecular formula is C17H19N3O4. The van der Waals surface area contributed by atoms with Crippen LogP contribution >= 0.6 is 0 Å². The fraction of sp³-hybridized carbons (Fsp3) is 0.353. The van der Waals surface area contributed by atoms with E-state index in [0.29, 0.717) is 13.0 Å². The lowest BCUT2D eigenvalue weighted by molar-refractivity contribution is -0.130. The van der Waals surface area contributed by atoms with Crippen molar-refractivity contribution in [3.8, 4) is 5.88 Å². The average molecular weight is 329 g/mol. The van der Waals surface area contributed by atoms with Gasteiger partial charge in [0.25, 0.3) is 5.56 Å². The van der Waals surface area contributed by atoms with E-state index in [9.17, 15) is 19.5 Å². The summed E-state index contributed by atoms with van der Waals surface area (Å²) in [6.45, 7) is 1.88. The van der Waals surface area contributed by atoms with Crippen LogP contribution in [0.2, 0.25) is 0 Å². The number of aromatic hydroxyl groups is 1. The number of hydrogen-bond donors (Lipinski definition) is 1. The molecule has 0 unspecified atom stereocenters. The number of hydrogen-bond acceptors (Lipinski definition) is 4. The van der Waals surface area contributed by atoms with Crippen molar-refractivity contribution in [3.05, 3.63) is 61.8 Å². The molecule has 0 saturated carbocycles. The Labute approximate surface area is 138 Å². The van der Waals surface area contributed by atoms with Gasteiger partial charge in [0.15, 0.2) is 0 Å². The fourth-order valence-corrected chi connectivity index (χ4v) is 3.32. The highest BCUT2D eigenvalue weighted by Gasteiger charge is 2.35. The van der Waals surface area contributed by atoms with Gasteiger partial charge < -0.3 is 10.0 Å². The molecule has 1 aromatic carbocycles. The zero-order valence-electron chi connectivity index (χ0n) is 13.8. The molecule has 126 valence electrons. The number of aromatic nitrogens is 2. The molecule has 1 aliphatic heterocycles. The number of benzene rings is 1. The van der Waals surface area contributed by atoms with Crippen LogP contribution in [0.3, 0.4) is 0 Å². The van der Waals surface area contributed by atoms with E-state index in [1.54, 1.807) is 4.90 Å². The third-order valence-corrected chi connectivity index (χ3v) is 4.63. The van der Waals surface area contributed by atoms with E-state index in [2.05, 4.69) is 0 Å². The summed E-state index contributed by atoms with van der Waals surface area (Å²) in [6.07, 6.45) is 0.680. The van der Waals surface area contributed by atoms with Crippen LogP contribution in [-0.4, -0.2) is 31.6 Å². The predicted octanol–water partition coefficient (Wildman–Crippen LogP) is 0.284. The summed E-state index contributed by atoms with van der Waals surface area (Å²) in [5, 5.41) is 10.5. The van der Waals surface area contributed by atoms with Crippen LogP contribution < -0.4 is 11.2 Å². The standard InChI is InChI=1S/C17H19N3O4/c1-10(21)20-9-8-11-6-4-5-7-12(11)14(20)13-15(22)18(2)17(24)19(3)16(13)23/h4-7,14,22H,8-9H2,1-3H3/t14-/m1/s1. The third-order valence-electron chi connectivity index (χ3n) is 4.63. The van der Waals surface area contributed by atoms with E-state index >= 15 is 0 Å². The van der Waals surface area contributed by atoms with Gasteiger partial charge >= 0.3 is 5.69 Å². The molecule has 1 atom stereocenters. The van der Waals surface area contributed by atoms with Crippen molar-refractivity contribution < 1.29 is 9.90 Å². The van der Waals surface area contributed by atoms with Gasteiger partial charge in [-0.15, -0.1) is 0 Å². The lowest BCUT2D eigenvalue weighted by Gasteiger charge is -2.37. The number of nitrogens with zero attached hydrogens (tertiary/aromatic N) is 3. The first-order valence-corrected chi connectivity index (χ1v) is 7.68. The van der Waals surface area contributed by atoms with Crippen molar-refractivity contribution in [2.45, 2.75) is 19.4 Å². The number of rotatable bonds is 1. The van der Waals surface area contributed by atoms with Gasteiger partial charge in [-0.1, -0.05) is 24.3 Å². The highest BCUT2D eigenvalue weighted by atomic mass is 16.3. The molecule has 0 saturated heterocycles. The molecule has 1 aliphatic rings. The van der Waals surface area contributed by atoms with Gasteiger partial charge in [-0.3, -0.25) is 18.7 Å². The average Bonchev–Trinajstić information content (AvgIpc) is 2.58. The van der Waals surface area contributed by atoms with Crippen molar-refractivity contribution in [1.82, 2.24) is 14.0 Å². The number of carbonyl (C=O) groups is 1. The van der Waals surface area contributed by atoms with Gasteiger partial charge in [0.1, 0.15) is 5.56 Å². The van der Waals surface area contributed by atoms with E-state index in [-0.39, 0.29) is 11.5 Å². The van der Waals surface area contributed by atoms with Gasteiger partial charge in [0, 0.05) is 27.6 Å². The largest absolute Gasteiger partial charge is 0.494 e. The molecule has 1 aromatic heterocycles. The molecule has 1 amide bonds. The van der Waals surface area contributed by atoms with E-state index < -0.39 is 23.2 Å². The molecule has 0 fully saturated rings. The Morgan fingerprint density at radius 2 is 1.83 bits per heavy atom. The third kappa shape index (κ3) is 2.24. The first kappa shape index (κ1) is 16.0. The van der Waals surface area contributed by atoms with E-state index in [1.165, 1.54) is 21.0 Å². The van der Waals surface area contributed by atoms with Crippen LogP contribution in [0.1, 0.15) is 29.7 Å². The second kappa shape index (κ2) is 5.67. The minimum absolute atomic E-state index is 0.0435. The second-order valence-corrected chi connectivity index (χ2v) is 6.01. The molecule has 7 heteroatoms. The van der Waals surface area contributed by atoms with Crippen LogP contribution in [0, 0.1) is 0 Å². The van der Waals surface area contributed by atoms with Gasteiger partial charge in [-0.25, -0.2) is 4.79 Å². The van der Waals surface area contributed by atoms with Gasteiger partial charge in [-0.05, 0) is 17.5 Å². The van der Waals surface area contributed by atoms with Gasteiger partial charge in [-0.2, -0.15) is 0 Å². The van der Waals surface area contributed by atoms with Crippen molar-refractivity contribution in [2.75, 3.05) is 6.54 Å². The summed E-state index contributed by atoms with van der Waals surface area (Å²) >= 11 is 0. The Morgan fingerprint density at radius 3 is 2.50 bits per heavy atom. The highest BCUT2D eigenvalue weighted by molar-refractivity contribution is 5.75. The maximum Gasteiger partial charge on any atom is 0.333 e. The molecular weight excluding hydrogens is 310 g/mol. The zero-order chi connectivity index (χ0) is 17.6. The Hall–Kier alpha value is -2.83. The molecule has 1 N–H and O–H groups in total. The molecule has 0 radical (unpaired) electrons. The van der Waals surface area contributed by atoms with Gasteiger partial charge in [0.2, 0.25) is 11.8 Å². The molecule has 0 spiro atoms. The number of carbonyl (C=O) groups excluding carboxylic acids is 1. The predicted molar refractivity (Wildman–Crippen MR) is 88.0 cm³/mol. The van der Waals surface area contributed by atoms with E-state index in [1.807, 2.05) is 24.3 Å². The molecule has 0 aliphatic carbocycles. The monoisotopic (exact) mass is 329 g/mol. The lowest BCUT2D eigenvalue weighted by atomic mass is 9.88. The number of amides is 1. The smallest absolute Gasteiger partial charge is 0.333 e. The first-order valence-electron chi connectivity index (χ1n) is 7.68. The normalized spacial score (nSPS) is 16.8. The quantitative estimate of drug-likeness (QED) is 0.815. The lowest BCUT2D eigenvalue weighted by Crippen LogP contribution is -2.45. The van der Waals surface area contributed by atoms with Gasteiger partial charge in [0.05, 0.1) is 6.04 Å². The fourth-order valence-electron chi connectivity index (χ4n) is 3.32. The molecule has 24 heavy (non-hydrogen) atoms.